The van der Waals surface area contributed by atoms with Crippen LogP contribution in [0.1, 0.15) is 25.3 Å². The predicted molar refractivity (Wildman–Crippen MR) is 68.8 cm³/mol. The number of hydrogen-bond donors (Lipinski definition) is 1. The first-order valence-electron chi connectivity index (χ1n) is 5.96. The molecule has 0 aliphatic heterocycles. The van der Waals surface area contributed by atoms with Gasteiger partial charge < -0.3 is 10.1 Å². The summed E-state index contributed by atoms with van der Waals surface area (Å²) in [5.74, 6) is -0.257. The average molecular weight is 260 g/mol. The van der Waals surface area contributed by atoms with Gasteiger partial charge in [-0.05, 0) is 31.5 Å². The van der Waals surface area contributed by atoms with Crippen molar-refractivity contribution in [1.82, 2.24) is 5.32 Å². The molecule has 0 aliphatic carbocycles. The Bertz CT molecular complexity index is 333. The molecule has 0 radical (unpaired) electrons. The zero-order chi connectivity index (χ0) is 12.5. The maximum absolute atomic E-state index is 13.4. The molecule has 2 nitrogen and oxygen atoms in total. The van der Waals surface area contributed by atoms with E-state index in [1.165, 1.54) is 6.07 Å². The zero-order valence-corrected chi connectivity index (χ0v) is 10.9. The van der Waals surface area contributed by atoms with Crippen LogP contribution in [0.4, 0.5) is 4.39 Å². The summed E-state index contributed by atoms with van der Waals surface area (Å²) < 4.78 is 18.7. The predicted octanol–water partition coefficient (Wildman–Crippen LogP) is 3.39. The minimum absolute atomic E-state index is 0.257. The van der Waals surface area contributed by atoms with Gasteiger partial charge in [-0.1, -0.05) is 24.6 Å². The van der Waals surface area contributed by atoms with Gasteiger partial charge >= 0.3 is 0 Å². The van der Waals surface area contributed by atoms with E-state index in [0.29, 0.717) is 17.1 Å². The maximum atomic E-state index is 13.4. The van der Waals surface area contributed by atoms with Crippen LogP contribution < -0.4 is 5.32 Å². The number of benzene rings is 1. The van der Waals surface area contributed by atoms with E-state index >= 15 is 0 Å². The third-order valence-electron chi connectivity index (χ3n) is 2.32. The molecule has 96 valence electrons. The van der Waals surface area contributed by atoms with E-state index < -0.39 is 0 Å². The van der Waals surface area contributed by atoms with Crippen LogP contribution in [0.25, 0.3) is 0 Å². The number of halogens is 2. The molecule has 0 fully saturated rings. The third kappa shape index (κ3) is 6.01. The molecule has 0 saturated carbocycles. The van der Waals surface area contributed by atoms with Crippen LogP contribution in [0.3, 0.4) is 0 Å². The van der Waals surface area contributed by atoms with Crippen molar-refractivity contribution in [2.24, 2.45) is 0 Å². The van der Waals surface area contributed by atoms with Crippen molar-refractivity contribution in [2.45, 2.75) is 26.3 Å². The molecule has 0 aromatic heterocycles. The number of rotatable bonds is 8. The zero-order valence-electron chi connectivity index (χ0n) is 10.1. The molecule has 0 spiro atoms. The summed E-state index contributed by atoms with van der Waals surface area (Å²) in [6, 6.07) is 4.74. The Labute approximate surface area is 107 Å². The molecular formula is C13H19ClFNO. The van der Waals surface area contributed by atoms with E-state index in [1.807, 2.05) is 0 Å². The third-order valence-corrected chi connectivity index (χ3v) is 2.56. The normalized spacial score (nSPS) is 10.8. The van der Waals surface area contributed by atoms with Crippen LogP contribution in [-0.4, -0.2) is 19.8 Å². The Morgan fingerprint density at radius 2 is 2.18 bits per heavy atom. The van der Waals surface area contributed by atoms with Crippen molar-refractivity contribution >= 4 is 11.6 Å². The molecular weight excluding hydrogens is 241 g/mol. The standard InChI is InChI=1S/C13H19ClFNO/c1-2-7-17-8-3-6-16-10-11-4-5-12(14)9-13(11)15/h4-5,9,16H,2-3,6-8,10H2,1H3. The second kappa shape index (κ2) is 8.45. The van der Waals surface area contributed by atoms with Gasteiger partial charge in [-0.3, -0.25) is 0 Å². The van der Waals surface area contributed by atoms with Gasteiger partial charge in [-0.2, -0.15) is 0 Å². The highest BCUT2D eigenvalue weighted by Gasteiger charge is 2.01. The Balaban J connectivity index is 2.14. The van der Waals surface area contributed by atoms with Gasteiger partial charge in [-0.25, -0.2) is 4.39 Å². The summed E-state index contributed by atoms with van der Waals surface area (Å²) >= 11 is 5.67. The summed E-state index contributed by atoms with van der Waals surface area (Å²) in [4.78, 5) is 0. The van der Waals surface area contributed by atoms with Gasteiger partial charge in [0.2, 0.25) is 0 Å². The van der Waals surface area contributed by atoms with E-state index in [-0.39, 0.29) is 5.82 Å². The molecule has 17 heavy (non-hydrogen) atoms. The van der Waals surface area contributed by atoms with Crippen LogP contribution in [0.15, 0.2) is 18.2 Å². The molecule has 1 N–H and O–H groups in total. The Kier molecular flexibility index (Phi) is 7.17. The maximum Gasteiger partial charge on any atom is 0.129 e. The summed E-state index contributed by atoms with van der Waals surface area (Å²) in [6.45, 7) is 5.00. The van der Waals surface area contributed by atoms with Gasteiger partial charge in [0.1, 0.15) is 5.82 Å². The first-order valence-corrected chi connectivity index (χ1v) is 6.34. The van der Waals surface area contributed by atoms with E-state index in [0.717, 1.165) is 32.6 Å². The second-order valence-electron chi connectivity index (χ2n) is 3.88. The fourth-order valence-corrected chi connectivity index (χ4v) is 1.59. The SMILES string of the molecule is CCCOCCCNCc1ccc(Cl)cc1F. The molecule has 1 aromatic carbocycles. The van der Waals surface area contributed by atoms with Gasteiger partial charge in [0.25, 0.3) is 0 Å². The molecule has 1 rings (SSSR count). The smallest absolute Gasteiger partial charge is 0.129 e. The van der Waals surface area contributed by atoms with Crippen LogP contribution >= 0.6 is 11.6 Å². The average Bonchev–Trinajstić information content (AvgIpc) is 2.30. The monoisotopic (exact) mass is 259 g/mol. The van der Waals surface area contributed by atoms with Crippen molar-refractivity contribution < 1.29 is 9.13 Å². The Morgan fingerprint density at radius 3 is 2.88 bits per heavy atom. The van der Waals surface area contributed by atoms with Gasteiger partial charge in [0, 0.05) is 30.3 Å². The van der Waals surface area contributed by atoms with Crippen molar-refractivity contribution in [2.75, 3.05) is 19.8 Å². The molecule has 0 atom stereocenters. The summed E-state index contributed by atoms with van der Waals surface area (Å²) in [5.41, 5.74) is 0.642. The van der Waals surface area contributed by atoms with Crippen LogP contribution in [0, 0.1) is 5.82 Å². The highest BCUT2D eigenvalue weighted by Crippen LogP contribution is 2.14. The number of hydrogen-bond acceptors (Lipinski definition) is 2. The summed E-state index contributed by atoms with van der Waals surface area (Å²) in [5, 5.41) is 3.61. The highest BCUT2D eigenvalue weighted by molar-refractivity contribution is 6.30. The van der Waals surface area contributed by atoms with Crippen molar-refractivity contribution in [3.8, 4) is 0 Å². The van der Waals surface area contributed by atoms with E-state index in [9.17, 15) is 4.39 Å². The van der Waals surface area contributed by atoms with E-state index in [1.54, 1.807) is 12.1 Å². The molecule has 1 aromatic rings. The number of ether oxygens (including phenoxy) is 1. The minimum Gasteiger partial charge on any atom is -0.381 e. The van der Waals surface area contributed by atoms with Crippen LogP contribution in [-0.2, 0) is 11.3 Å². The van der Waals surface area contributed by atoms with Crippen molar-refractivity contribution in [3.63, 3.8) is 0 Å². The van der Waals surface area contributed by atoms with Crippen LogP contribution in [0.5, 0.6) is 0 Å². The Morgan fingerprint density at radius 1 is 1.35 bits per heavy atom. The fourth-order valence-electron chi connectivity index (χ4n) is 1.43. The van der Waals surface area contributed by atoms with E-state index in [2.05, 4.69) is 12.2 Å². The minimum atomic E-state index is -0.257. The second-order valence-corrected chi connectivity index (χ2v) is 4.31. The highest BCUT2D eigenvalue weighted by atomic mass is 35.5. The summed E-state index contributed by atoms with van der Waals surface area (Å²) in [7, 11) is 0. The van der Waals surface area contributed by atoms with Crippen molar-refractivity contribution in [3.05, 3.63) is 34.6 Å². The molecule has 0 bridgehead atoms. The van der Waals surface area contributed by atoms with Gasteiger partial charge in [-0.15, -0.1) is 0 Å². The molecule has 0 saturated heterocycles. The largest absolute Gasteiger partial charge is 0.381 e. The summed E-state index contributed by atoms with van der Waals surface area (Å²) in [6.07, 6.45) is 1.98. The first-order chi connectivity index (χ1) is 8.24. The fraction of sp³-hybridized carbons (Fsp3) is 0.538. The molecule has 0 unspecified atom stereocenters. The molecule has 4 heteroatoms. The first kappa shape index (κ1) is 14.4. The topological polar surface area (TPSA) is 21.3 Å². The molecule has 0 heterocycles. The van der Waals surface area contributed by atoms with Gasteiger partial charge in [0.05, 0.1) is 0 Å². The lowest BCUT2D eigenvalue weighted by molar-refractivity contribution is 0.132. The lowest BCUT2D eigenvalue weighted by Gasteiger charge is -2.06. The lowest BCUT2D eigenvalue weighted by Crippen LogP contribution is -2.17. The van der Waals surface area contributed by atoms with Gasteiger partial charge in [0.15, 0.2) is 0 Å². The van der Waals surface area contributed by atoms with Crippen LogP contribution in [0.2, 0.25) is 5.02 Å². The lowest BCUT2D eigenvalue weighted by atomic mass is 10.2. The molecule has 0 aliphatic rings. The Hall–Kier alpha value is -0.640. The number of nitrogens with one attached hydrogen (secondary N) is 1. The van der Waals surface area contributed by atoms with Crippen molar-refractivity contribution in [1.29, 1.82) is 0 Å². The van der Waals surface area contributed by atoms with E-state index in [4.69, 9.17) is 16.3 Å². The quantitative estimate of drug-likeness (QED) is 0.723. The molecule has 0 amide bonds.